The Labute approximate surface area is 113 Å². The molecule has 1 amide bonds. The standard InChI is InChI=1S/C13H21N5O/c1-2-15-7-10-8-16-13(17-9-10)18-5-3-11(4-6-18)12(14)19/h8-9,11,15H,2-7H2,1H3,(H2,14,19). The molecule has 19 heavy (non-hydrogen) atoms. The van der Waals surface area contributed by atoms with Crippen LogP contribution in [0.1, 0.15) is 25.3 Å². The lowest BCUT2D eigenvalue weighted by molar-refractivity contribution is -0.122. The summed E-state index contributed by atoms with van der Waals surface area (Å²) in [5.41, 5.74) is 6.40. The Morgan fingerprint density at radius 1 is 1.42 bits per heavy atom. The normalized spacial score (nSPS) is 16.6. The Bertz CT molecular complexity index is 412. The first-order valence-electron chi connectivity index (χ1n) is 6.76. The molecule has 1 aliphatic heterocycles. The Hall–Kier alpha value is -1.69. The quantitative estimate of drug-likeness (QED) is 0.797. The fourth-order valence-electron chi connectivity index (χ4n) is 2.24. The predicted molar refractivity (Wildman–Crippen MR) is 73.5 cm³/mol. The first-order chi connectivity index (χ1) is 9.20. The molecule has 6 nitrogen and oxygen atoms in total. The van der Waals surface area contributed by atoms with E-state index < -0.39 is 0 Å². The molecule has 0 aromatic carbocycles. The summed E-state index contributed by atoms with van der Waals surface area (Å²) >= 11 is 0. The number of nitrogens with two attached hydrogens (primary N) is 1. The fraction of sp³-hybridized carbons (Fsp3) is 0.615. The van der Waals surface area contributed by atoms with E-state index >= 15 is 0 Å². The van der Waals surface area contributed by atoms with Gasteiger partial charge < -0.3 is 16.0 Å². The highest BCUT2D eigenvalue weighted by Crippen LogP contribution is 2.19. The molecule has 0 atom stereocenters. The third kappa shape index (κ3) is 3.64. The minimum absolute atomic E-state index is 0.00396. The second kappa shape index (κ2) is 6.47. The highest BCUT2D eigenvalue weighted by atomic mass is 16.1. The summed E-state index contributed by atoms with van der Waals surface area (Å²) in [5.74, 6) is 0.550. The van der Waals surface area contributed by atoms with Gasteiger partial charge in [0.05, 0.1) is 0 Å². The molecule has 6 heteroatoms. The molecule has 0 radical (unpaired) electrons. The van der Waals surface area contributed by atoms with E-state index in [2.05, 4.69) is 27.1 Å². The van der Waals surface area contributed by atoms with Crippen LogP contribution in [0.5, 0.6) is 0 Å². The summed E-state index contributed by atoms with van der Waals surface area (Å²) < 4.78 is 0. The van der Waals surface area contributed by atoms with Gasteiger partial charge in [-0.3, -0.25) is 4.79 Å². The van der Waals surface area contributed by atoms with E-state index in [-0.39, 0.29) is 11.8 Å². The van der Waals surface area contributed by atoms with Gasteiger partial charge in [-0.1, -0.05) is 6.92 Å². The van der Waals surface area contributed by atoms with Crippen molar-refractivity contribution in [2.45, 2.75) is 26.3 Å². The highest BCUT2D eigenvalue weighted by molar-refractivity contribution is 5.76. The second-order valence-electron chi connectivity index (χ2n) is 4.84. The Morgan fingerprint density at radius 2 is 2.05 bits per heavy atom. The Morgan fingerprint density at radius 3 is 2.58 bits per heavy atom. The third-order valence-electron chi connectivity index (χ3n) is 3.45. The van der Waals surface area contributed by atoms with Crippen LogP contribution in [0.25, 0.3) is 0 Å². The Balaban J connectivity index is 1.90. The number of carbonyl (C=O) groups is 1. The zero-order chi connectivity index (χ0) is 13.7. The molecule has 1 aromatic rings. The highest BCUT2D eigenvalue weighted by Gasteiger charge is 2.24. The van der Waals surface area contributed by atoms with Gasteiger partial charge in [0.25, 0.3) is 0 Å². The summed E-state index contributed by atoms with van der Waals surface area (Å²) in [7, 11) is 0. The summed E-state index contributed by atoms with van der Waals surface area (Å²) in [6.45, 7) is 5.38. The largest absolute Gasteiger partial charge is 0.369 e. The van der Waals surface area contributed by atoms with Crippen LogP contribution >= 0.6 is 0 Å². The predicted octanol–water partition coefficient (Wildman–Crippen LogP) is 0.288. The summed E-state index contributed by atoms with van der Waals surface area (Å²) in [6.07, 6.45) is 5.28. The minimum Gasteiger partial charge on any atom is -0.369 e. The monoisotopic (exact) mass is 263 g/mol. The van der Waals surface area contributed by atoms with E-state index in [1.54, 1.807) is 0 Å². The van der Waals surface area contributed by atoms with Crippen LogP contribution < -0.4 is 16.0 Å². The first kappa shape index (κ1) is 13.7. The van der Waals surface area contributed by atoms with Crippen LogP contribution in [0.3, 0.4) is 0 Å². The van der Waals surface area contributed by atoms with Crippen molar-refractivity contribution in [1.29, 1.82) is 0 Å². The molecule has 0 saturated carbocycles. The van der Waals surface area contributed by atoms with Gasteiger partial charge in [0.2, 0.25) is 11.9 Å². The minimum atomic E-state index is -0.193. The van der Waals surface area contributed by atoms with E-state index in [1.165, 1.54) is 0 Å². The number of amides is 1. The first-order valence-corrected chi connectivity index (χ1v) is 6.76. The lowest BCUT2D eigenvalue weighted by Crippen LogP contribution is -2.39. The maximum atomic E-state index is 11.1. The molecule has 0 spiro atoms. The van der Waals surface area contributed by atoms with Gasteiger partial charge in [-0.05, 0) is 19.4 Å². The molecule has 2 rings (SSSR count). The molecule has 3 N–H and O–H groups in total. The zero-order valence-corrected chi connectivity index (χ0v) is 11.3. The smallest absolute Gasteiger partial charge is 0.225 e. The molecule has 0 aliphatic carbocycles. The number of nitrogens with zero attached hydrogens (tertiary/aromatic N) is 3. The van der Waals surface area contributed by atoms with Gasteiger partial charge in [-0.25, -0.2) is 9.97 Å². The van der Waals surface area contributed by atoms with Crippen molar-refractivity contribution in [3.05, 3.63) is 18.0 Å². The topological polar surface area (TPSA) is 84.1 Å². The van der Waals surface area contributed by atoms with Crippen molar-refractivity contribution < 1.29 is 4.79 Å². The molecule has 1 fully saturated rings. The summed E-state index contributed by atoms with van der Waals surface area (Å²) in [6, 6.07) is 0. The van der Waals surface area contributed by atoms with E-state index in [0.29, 0.717) is 0 Å². The number of anilines is 1. The number of hydrogen-bond donors (Lipinski definition) is 2. The van der Waals surface area contributed by atoms with E-state index in [4.69, 9.17) is 5.73 Å². The number of aromatic nitrogens is 2. The summed E-state index contributed by atoms with van der Waals surface area (Å²) in [4.78, 5) is 22.0. The van der Waals surface area contributed by atoms with E-state index in [9.17, 15) is 4.79 Å². The second-order valence-corrected chi connectivity index (χ2v) is 4.84. The van der Waals surface area contributed by atoms with Gasteiger partial charge in [0, 0.05) is 43.5 Å². The van der Waals surface area contributed by atoms with Crippen molar-refractivity contribution in [3.8, 4) is 0 Å². The number of primary amides is 1. The number of nitrogens with one attached hydrogen (secondary N) is 1. The molecule has 1 saturated heterocycles. The van der Waals surface area contributed by atoms with Gasteiger partial charge in [0.15, 0.2) is 0 Å². The van der Waals surface area contributed by atoms with Crippen LogP contribution in [-0.4, -0.2) is 35.5 Å². The molecule has 0 bridgehead atoms. The van der Waals surface area contributed by atoms with Crippen molar-refractivity contribution >= 4 is 11.9 Å². The molecule has 2 heterocycles. The lowest BCUT2D eigenvalue weighted by atomic mass is 9.96. The average molecular weight is 263 g/mol. The van der Waals surface area contributed by atoms with Crippen molar-refractivity contribution in [2.75, 3.05) is 24.5 Å². The van der Waals surface area contributed by atoms with Crippen molar-refractivity contribution in [3.63, 3.8) is 0 Å². The fourth-order valence-corrected chi connectivity index (χ4v) is 2.24. The van der Waals surface area contributed by atoms with Gasteiger partial charge >= 0.3 is 0 Å². The average Bonchev–Trinajstić information content (AvgIpc) is 2.46. The maximum Gasteiger partial charge on any atom is 0.225 e. The number of rotatable bonds is 5. The number of carbonyl (C=O) groups excluding carboxylic acids is 1. The molecular weight excluding hydrogens is 242 g/mol. The summed E-state index contributed by atoms with van der Waals surface area (Å²) in [5, 5.41) is 3.24. The van der Waals surface area contributed by atoms with Crippen LogP contribution in [0.15, 0.2) is 12.4 Å². The zero-order valence-electron chi connectivity index (χ0n) is 11.3. The molecular formula is C13H21N5O. The lowest BCUT2D eigenvalue weighted by Gasteiger charge is -2.30. The van der Waals surface area contributed by atoms with E-state index in [1.807, 2.05) is 12.4 Å². The van der Waals surface area contributed by atoms with Crippen LogP contribution in [0, 0.1) is 5.92 Å². The van der Waals surface area contributed by atoms with Crippen molar-refractivity contribution in [1.82, 2.24) is 15.3 Å². The van der Waals surface area contributed by atoms with Gasteiger partial charge in [-0.15, -0.1) is 0 Å². The molecule has 1 aliphatic rings. The van der Waals surface area contributed by atoms with E-state index in [0.717, 1.165) is 50.5 Å². The number of hydrogen-bond acceptors (Lipinski definition) is 5. The SMILES string of the molecule is CCNCc1cnc(N2CCC(C(N)=O)CC2)nc1. The Kier molecular flexibility index (Phi) is 4.68. The van der Waals surface area contributed by atoms with Gasteiger partial charge in [0.1, 0.15) is 0 Å². The van der Waals surface area contributed by atoms with Gasteiger partial charge in [-0.2, -0.15) is 0 Å². The molecule has 0 unspecified atom stereocenters. The maximum absolute atomic E-state index is 11.1. The van der Waals surface area contributed by atoms with Crippen LogP contribution in [-0.2, 0) is 11.3 Å². The van der Waals surface area contributed by atoms with Crippen LogP contribution in [0.4, 0.5) is 5.95 Å². The van der Waals surface area contributed by atoms with Crippen molar-refractivity contribution in [2.24, 2.45) is 11.7 Å². The number of piperidine rings is 1. The molecule has 1 aromatic heterocycles. The van der Waals surface area contributed by atoms with Crippen LogP contribution in [0.2, 0.25) is 0 Å². The molecule has 104 valence electrons. The third-order valence-corrected chi connectivity index (χ3v) is 3.45.